The SMILES string of the molecule is CS(=O)(=O)N1CCNCCN2CCN(CC2)Cc2cccc(c2)Nc2nccc(n2)-c2ccc(nc2)C1. The fourth-order valence-electron chi connectivity index (χ4n) is 4.66. The monoisotopic (exact) mass is 522 g/mol. The first kappa shape index (κ1) is 25.7. The van der Waals surface area contributed by atoms with Crippen LogP contribution in [0.5, 0.6) is 0 Å². The second-order valence-electron chi connectivity index (χ2n) is 9.59. The largest absolute Gasteiger partial charge is 0.324 e. The Labute approximate surface area is 218 Å². The molecule has 1 aromatic carbocycles. The van der Waals surface area contributed by atoms with Crippen molar-refractivity contribution in [2.75, 3.05) is 63.9 Å². The predicted octanol–water partition coefficient (Wildman–Crippen LogP) is 1.76. The van der Waals surface area contributed by atoms with E-state index in [0.717, 1.165) is 62.8 Å². The number of piperazine rings is 1. The quantitative estimate of drug-likeness (QED) is 0.494. The lowest BCUT2D eigenvalue weighted by Gasteiger charge is -2.34. The Bertz CT molecular complexity index is 1290. The van der Waals surface area contributed by atoms with E-state index in [1.54, 1.807) is 12.4 Å². The summed E-state index contributed by atoms with van der Waals surface area (Å²) in [5.41, 5.74) is 4.48. The van der Waals surface area contributed by atoms with Crippen LogP contribution in [0.1, 0.15) is 11.3 Å². The van der Waals surface area contributed by atoms with E-state index in [-0.39, 0.29) is 6.54 Å². The number of anilines is 2. The van der Waals surface area contributed by atoms with Gasteiger partial charge in [0.25, 0.3) is 0 Å². The first-order valence-corrected chi connectivity index (χ1v) is 14.5. The molecule has 8 rings (SSSR count). The summed E-state index contributed by atoms with van der Waals surface area (Å²) >= 11 is 0. The van der Waals surface area contributed by atoms with Crippen molar-refractivity contribution in [2.24, 2.45) is 0 Å². The molecule has 0 atom stereocenters. The number of benzene rings is 1. The molecule has 1 saturated heterocycles. The smallest absolute Gasteiger partial charge is 0.227 e. The first-order chi connectivity index (χ1) is 17.9. The van der Waals surface area contributed by atoms with E-state index in [1.165, 1.54) is 16.1 Å². The van der Waals surface area contributed by atoms with Crippen LogP contribution in [0.4, 0.5) is 11.6 Å². The van der Waals surface area contributed by atoms with Gasteiger partial charge in [-0.3, -0.25) is 14.8 Å². The van der Waals surface area contributed by atoms with Crippen molar-refractivity contribution in [2.45, 2.75) is 13.1 Å². The lowest BCUT2D eigenvalue weighted by molar-refractivity contribution is 0.127. The molecule has 2 aromatic heterocycles. The summed E-state index contributed by atoms with van der Waals surface area (Å²) < 4.78 is 26.3. The molecule has 1 fully saturated rings. The second-order valence-corrected chi connectivity index (χ2v) is 11.6. The molecule has 2 N–H and O–H groups in total. The van der Waals surface area contributed by atoms with Gasteiger partial charge in [0.1, 0.15) is 0 Å². The molecule has 37 heavy (non-hydrogen) atoms. The third kappa shape index (κ3) is 7.08. The summed E-state index contributed by atoms with van der Waals surface area (Å²) in [5.74, 6) is 0.515. The van der Waals surface area contributed by atoms with Crippen LogP contribution in [0, 0.1) is 0 Å². The zero-order chi connectivity index (χ0) is 25.7. The van der Waals surface area contributed by atoms with E-state index >= 15 is 0 Å². The van der Waals surface area contributed by atoms with Crippen LogP contribution in [0.15, 0.2) is 54.9 Å². The fraction of sp³-hybridized carbons (Fsp3) is 0.423. The van der Waals surface area contributed by atoms with E-state index in [1.807, 2.05) is 24.3 Å². The standard InChI is InChI=1S/C26H34N8O2S/c1-37(35,36)34-12-10-27-9-11-32-13-15-33(16-14-32)19-21-3-2-4-23(17-21)30-26-28-8-7-25(31-26)22-5-6-24(20-34)29-18-22/h2-8,17-18,27H,9-16,19-20H2,1H3,(H,28,30,31). The molecule has 196 valence electrons. The molecule has 5 aliphatic heterocycles. The lowest BCUT2D eigenvalue weighted by Crippen LogP contribution is -2.48. The van der Waals surface area contributed by atoms with Crippen molar-refractivity contribution >= 4 is 21.7 Å². The number of hydrogen-bond acceptors (Lipinski definition) is 9. The van der Waals surface area contributed by atoms with Gasteiger partial charge in [0, 0.05) is 82.5 Å². The molecule has 8 bridgehead atoms. The number of hydrogen-bond donors (Lipinski definition) is 2. The van der Waals surface area contributed by atoms with Gasteiger partial charge in [-0.2, -0.15) is 4.31 Å². The van der Waals surface area contributed by atoms with Crippen LogP contribution in [0.2, 0.25) is 0 Å². The normalized spacial score (nSPS) is 21.9. The number of aromatic nitrogens is 3. The molecular formula is C26H34N8O2S. The van der Waals surface area contributed by atoms with E-state index in [2.05, 4.69) is 53.6 Å². The molecule has 0 amide bonds. The first-order valence-electron chi connectivity index (χ1n) is 12.7. The summed E-state index contributed by atoms with van der Waals surface area (Å²) in [6.07, 6.45) is 4.70. The third-order valence-corrected chi connectivity index (χ3v) is 8.03. The van der Waals surface area contributed by atoms with Crippen LogP contribution >= 0.6 is 0 Å². The van der Waals surface area contributed by atoms with Gasteiger partial charge in [-0.25, -0.2) is 18.4 Å². The van der Waals surface area contributed by atoms with Crippen LogP contribution in [0.3, 0.4) is 0 Å². The maximum Gasteiger partial charge on any atom is 0.227 e. The maximum atomic E-state index is 12.4. The van der Waals surface area contributed by atoms with E-state index < -0.39 is 10.0 Å². The Morgan fingerprint density at radius 3 is 2.46 bits per heavy atom. The minimum atomic E-state index is -3.36. The Morgan fingerprint density at radius 2 is 1.68 bits per heavy atom. The lowest BCUT2D eigenvalue weighted by atomic mass is 10.1. The molecule has 0 unspecified atom stereocenters. The zero-order valence-electron chi connectivity index (χ0n) is 21.2. The topological polar surface area (TPSA) is 107 Å². The Hall–Kier alpha value is -2.96. The minimum absolute atomic E-state index is 0.232. The Kier molecular flexibility index (Phi) is 8.06. The minimum Gasteiger partial charge on any atom is -0.324 e. The molecule has 0 saturated carbocycles. The molecule has 0 aliphatic carbocycles. The number of rotatable bonds is 1. The Balaban J connectivity index is 1.39. The van der Waals surface area contributed by atoms with Gasteiger partial charge in [-0.05, 0) is 35.9 Å². The molecule has 7 heterocycles. The Morgan fingerprint density at radius 1 is 0.865 bits per heavy atom. The van der Waals surface area contributed by atoms with Crippen molar-refractivity contribution in [1.29, 1.82) is 0 Å². The van der Waals surface area contributed by atoms with Gasteiger partial charge in [-0.1, -0.05) is 12.1 Å². The highest BCUT2D eigenvalue weighted by Gasteiger charge is 2.19. The molecule has 0 spiro atoms. The van der Waals surface area contributed by atoms with Crippen LogP contribution < -0.4 is 10.6 Å². The van der Waals surface area contributed by atoms with E-state index in [0.29, 0.717) is 24.7 Å². The van der Waals surface area contributed by atoms with Crippen molar-refractivity contribution < 1.29 is 8.42 Å². The predicted molar refractivity (Wildman–Crippen MR) is 145 cm³/mol. The summed E-state index contributed by atoms with van der Waals surface area (Å²) in [4.78, 5) is 18.5. The highest BCUT2D eigenvalue weighted by atomic mass is 32.2. The van der Waals surface area contributed by atoms with Gasteiger partial charge in [0.2, 0.25) is 16.0 Å². The average Bonchev–Trinajstić information content (AvgIpc) is 2.88. The third-order valence-electron chi connectivity index (χ3n) is 6.78. The zero-order valence-corrected chi connectivity index (χ0v) is 22.0. The van der Waals surface area contributed by atoms with Crippen LogP contribution in [0.25, 0.3) is 11.3 Å². The number of pyridine rings is 1. The van der Waals surface area contributed by atoms with Gasteiger partial charge < -0.3 is 10.6 Å². The number of nitrogens with one attached hydrogen (secondary N) is 2. The summed E-state index contributed by atoms with van der Waals surface area (Å²) in [7, 11) is -3.36. The van der Waals surface area contributed by atoms with Crippen molar-refractivity contribution in [3.63, 3.8) is 0 Å². The highest BCUT2D eigenvalue weighted by Crippen LogP contribution is 2.21. The highest BCUT2D eigenvalue weighted by molar-refractivity contribution is 7.88. The second kappa shape index (κ2) is 11.6. The van der Waals surface area contributed by atoms with Crippen molar-refractivity contribution in [1.82, 2.24) is 34.4 Å². The van der Waals surface area contributed by atoms with Gasteiger partial charge in [-0.15, -0.1) is 0 Å². The van der Waals surface area contributed by atoms with Gasteiger partial charge >= 0.3 is 0 Å². The average molecular weight is 523 g/mol. The molecule has 3 aromatic rings. The molecule has 11 heteroatoms. The number of nitrogens with zero attached hydrogens (tertiary/aromatic N) is 6. The van der Waals surface area contributed by atoms with Gasteiger partial charge in [0.05, 0.1) is 24.2 Å². The van der Waals surface area contributed by atoms with Crippen LogP contribution in [-0.4, -0.2) is 96.1 Å². The number of sulfonamides is 1. The molecule has 10 nitrogen and oxygen atoms in total. The summed E-state index contributed by atoms with van der Waals surface area (Å²) in [6, 6.07) is 14.0. The van der Waals surface area contributed by atoms with Crippen LogP contribution in [-0.2, 0) is 23.1 Å². The van der Waals surface area contributed by atoms with Gasteiger partial charge in [0.15, 0.2) is 0 Å². The summed E-state index contributed by atoms with van der Waals surface area (Å²) in [5, 5.41) is 6.75. The maximum absolute atomic E-state index is 12.4. The van der Waals surface area contributed by atoms with Crippen molar-refractivity contribution in [3.05, 3.63) is 66.1 Å². The van der Waals surface area contributed by atoms with Crippen molar-refractivity contribution in [3.8, 4) is 11.3 Å². The van der Waals surface area contributed by atoms with E-state index in [4.69, 9.17) is 0 Å². The van der Waals surface area contributed by atoms with E-state index in [9.17, 15) is 8.42 Å². The fourth-order valence-corrected chi connectivity index (χ4v) is 5.45. The molecular weight excluding hydrogens is 488 g/mol. The molecule has 0 radical (unpaired) electrons. The summed E-state index contributed by atoms with van der Waals surface area (Å²) in [6.45, 7) is 8.01. The molecule has 5 aliphatic rings.